The average Bonchev–Trinajstić information content (AvgIpc) is 2.45. The topological polar surface area (TPSA) is 55.8 Å². The van der Waals surface area contributed by atoms with E-state index in [2.05, 4.69) is 20.7 Å². The highest BCUT2D eigenvalue weighted by atomic mass is 79.9. The van der Waals surface area contributed by atoms with Crippen molar-refractivity contribution in [3.63, 3.8) is 0 Å². The van der Waals surface area contributed by atoms with Crippen LogP contribution in [0.15, 0.2) is 16.6 Å². The molecule has 1 aromatic rings. The van der Waals surface area contributed by atoms with Crippen molar-refractivity contribution in [1.29, 1.82) is 0 Å². The highest BCUT2D eigenvalue weighted by Gasteiger charge is 2.32. The van der Waals surface area contributed by atoms with E-state index in [0.29, 0.717) is 0 Å². The molecule has 8 heteroatoms. The van der Waals surface area contributed by atoms with Crippen LogP contribution < -0.4 is 0 Å². The third-order valence-corrected chi connectivity index (χ3v) is 3.50. The van der Waals surface area contributed by atoms with Crippen molar-refractivity contribution in [2.24, 2.45) is 0 Å². The lowest BCUT2D eigenvalue weighted by molar-refractivity contribution is -0.158. The first-order chi connectivity index (χ1) is 9.93. The third kappa shape index (κ3) is 3.38. The van der Waals surface area contributed by atoms with E-state index in [1.807, 2.05) is 0 Å². The fourth-order valence-electron chi connectivity index (χ4n) is 2.01. The molecule has 1 aliphatic heterocycles. The van der Waals surface area contributed by atoms with E-state index in [1.54, 1.807) is 0 Å². The number of hydrogen-bond donors (Lipinski definition) is 0. The van der Waals surface area contributed by atoms with Crippen LogP contribution in [0.25, 0.3) is 0 Å². The Balaban J connectivity index is 2.22. The summed E-state index contributed by atoms with van der Waals surface area (Å²) in [5.41, 5.74) is -0.649. The maximum Gasteiger partial charge on any atom is 0.336 e. The van der Waals surface area contributed by atoms with Gasteiger partial charge >= 0.3 is 5.97 Å². The monoisotopic (exact) mass is 363 g/mol. The van der Waals surface area contributed by atoms with Crippen LogP contribution in [0.4, 0.5) is 8.78 Å². The van der Waals surface area contributed by atoms with Crippen LogP contribution in [0.5, 0.6) is 0 Å². The summed E-state index contributed by atoms with van der Waals surface area (Å²) in [7, 11) is 1.19. The molecule has 1 saturated heterocycles. The van der Waals surface area contributed by atoms with Crippen LogP contribution >= 0.6 is 15.9 Å². The third-order valence-electron chi connectivity index (χ3n) is 3.04. The zero-order valence-corrected chi connectivity index (χ0v) is 12.7. The fourth-order valence-corrected chi connectivity index (χ4v) is 2.41. The van der Waals surface area contributed by atoms with Gasteiger partial charge in [-0.05, 0) is 12.1 Å². The van der Waals surface area contributed by atoms with Crippen molar-refractivity contribution in [1.82, 2.24) is 4.90 Å². The maximum absolute atomic E-state index is 13.8. The van der Waals surface area contributed by atoms with Gasteiger partial charge in [-0.15, -0.1) is 0 Å². The number of amides is 1. The first kappa shape index (κ1) is 15.8. The molecule has 21 heavy (non-hydrogen) atoms. The number of benzene rings is 1. The lowest BCUT2D eigenvalue weighted by Crippen LogP contribution is -2.49. The maximum atomic E-state index is 13.8. The van der Waals surface area contributed by atoms with Crippen molar-refractivity contribution >= 4 is 27.8 Å². The molecule has 1 aromatic carbocycles. The Kier molecular flexibility index (Phi) is 4.89. The summed E-state index contributed by atoms with van der Waals surface area (Å²) < 4.78 is 37.5. The van der Waals surface area contributed by atoms with E-state index in [0.717, 1.165) is 12.1 Å². The van der Waals surface area contributed by atoms with E-state index in [1.165, 1.54) is 12.0 Å². The molecular formula is C13H12BrF2NO4. The molecule has 0 radical (unpaired) electrons. The number of ether oxygens (including phenoxy) is 2. The number of carbonyl (C=O) groups is 2. The van der Waals surface area contributed by atoms with Crippen molar-refractivity contribution < 1.29 is 27.8 Å². The number of carbonyl (C=O) groups excluding carboxylic acids is 2. The fraction of sp³-hybridized carbons (Fsp3) is 0.385. The molecule has 0 aliphatic carbocycles. The molecule has 0 N–H and O–H groups in total. The molecule has 114 valence electrons. The molecule has 1 amide bonds. The minimum atomic E-state index is -0.965. The van der Waals surface area contributed by atoms with Gasteiger partial charge in [0.2, 0.25) is 0 Å². The first-order valence-corrected chi connectivity index (χ1v) is 6.86. The Labute approximate surface area is 127 Å². The predicted molar refractivity (Wildman–Crippen MR) is 71.7 cm³/mol. The van der Waals surface area contributed by atoms with Crippen LogP contribution in [0, 0.1) is 11.6 Å². The standard InChI is InChI=1S/C13H12BrF2NO4/c1-20-13(19)10-6-17(2-3-21-10)12(18)11-8(15)4-7(14)5-9(11)16/h4-5,10H,2-3,6H2,1H3. The number of nitrogens with zero attached hydrogens (tertiary/aromatic N) is 1. The van der Waals surface area contributed by atoms with Crippen molar-refractivity contribution in [3.8, 4) is 0 Å². The Bertz CT molecular complexity index is 558. The molecule has 1 unspecified atom stereocenters. The number of morpholine rings is 1. The molecule has 0 spiro atoms. The molecule has 0 bridgehead atoms. The molecule has 1 heterocycles. The lowest BCUT2D eigenvalue weighted by Gasteiger charge is -2.31. The van der Waals surface area contributed by atoms with Gasteiger partial charge in [0.05, 0.1) is 20.3 Å². The second-order valence-electron chi connectivity index (χ2n) is 4.38. The zero-order valence-electron chi connectivity index (χ0n) is 11.1. The number of hydrogen-bond acceptors (Lipinski definition) is 4. The average molecular weight is 364 g/mol. The summed E-state index contributed by atoms with van der Waals surface area (Å²) in [4.78, 5) is 24.8. The first-order valence-electron chi connectivity index (χ1n) is 6.07. The van der Waals surface area contributed by atoms with Gasteiger partial charge in [-0.3, -0.25) is 4.79 Å². The van der Waals surface area contributed by atoms with Crippen LogP contribution in [0.1, 0.15) is 10.4 Å². The molecule has 0 aromatic heterocycles. The van der Waals surface area contributed by atoms with Crippen LogP contribution in [-0.4, -0.2) is 49.7 Å². The predicted octanol–water partition coefficient (Wildman–Crippen LogP) is 1.74. The lowest BCUT2D eigenvalue weighted by atomic mass is 10.1. The summed E-state index contributed by atoms with van der Waals surface area (Å²) >= 11 is 2.94. The highest BCUT2D eigenvalue weighted by molar-refractivity contribution is 9.10. The van der Waals surface area contributed by atoms with E-state index in [-0.39, 0.29) is 24.2 Å². The van der Waals surface area contributed by atoms with Crippen LogP contribution in [0.2, 0.25) is 0 Å². The quantitative estimate of drug-likeness (QED) is 0.751. The van der Waals surface area contributed by atoms with Crippen LogP contribution in [0.3, 0.4) is 0 Å². The number of methoxy groups -OCH3 is 1. The largest absolute Gasteiger partial charge is 0.467 e. The minimum absolute atomic E-state index is 0.0886. The van der Waals surface area contributed by atoms with Gasteiger partial charge in [-0.2, -0.15) is 0 Å². The molecule has 5 nitrogen and oxygen atoms in total. The van der Waals surface area contributed by atoms with Gasteiger partial charge in [-0.1, -0.05) is 15.9 Å². The Hall–Kier alpha value is -1.54. The number of esters is 1. The number of halogens is 3. The van der Waals surface area contributed by atoms with Gasteiger partial charge in [0, 0.05) is 11.0 Å². The molecule has 1 fully saturated rings. The second-order valence-corrected chi connectivity index (χ2v) is 5.29. The van der Waals surface area contributed by atoms with E-state index in [4.69, 9.17) is 4.74 Å². The summed E-state index contributed by atoms with van der Waals surface area (Å²) in [6.07, 6.45) is -0.950. The van der Waals surface area contributed by atoms with Crippen molar-refractivity contribution in [2.45, 2.75) is 6.10 Å². The van der Waals surface area contributed by atoms with Crippen molar-refractivity contribution in [2.75, 3.05) is 26.8 Å². The minimum Gasteiger partial charge on any atom is -0.467 e. The zero-order chi connectivity index (χ0) is 15.6. The smallest absolute Gasteiger partial charge is 0.336 e. The summed E-state index contributed by atoms with van der Waals surface area (Å²) in [6.45, 7) is 0.118. The number of rotatable bonds is 2. The molecule has 1 atom stereocenters. The van der Waals surface area contributed by atoms with E-state index < -0.39 is 35.2 Å². The highest BCUT2D eigenvalue weighted by Crippen LogP contribution is 2.22. The van der Waals surface area contributed by atoms with Gasteiger partial charge in [-0.25, -0.2) is 13.6 Å². The Morgan fingerprint density at radius 2 is 2.00 bits per heavy atom. The van der Waals surface area contributed by atoms with Gasteiger partial charge in [0.15, 0.2) is 6.10 Å². The Morgan fingerprint density at radius 3 is 2.57 bits per heavy atom. The van der Waals surface area contributed by atoms with Gasteiger partial charge in [0.25, 0.3) is 5.91 Å². The van der Waals surface area contributed by atoms with Crippen molar-refractivity contribution in [3.05, 3.63) is 33.8 Å². The van der Waals surface area contributed by atoms with Crippen LogP contribution in [-0.2, 0) is 14.3 Å². The van der Waals surface area contributed by atoms with Gasteiger partial charge in [0.1, 0.15) is 17.2 Å². The van der Waals surface area contributed by atoms with Gasteiger partial charge < -0.3 is 14.4 Å². The molecule has 1 aliphatic rings. The normalized spacial score (nSPS) is 18.5. The van der Waals surface area contributed by atoms with E-state index >= 15 is 0 Å². The molecular weight excluding hydrogens is 352 g/mol. The van der Waals surface area contributed by atoms with E-state index in [9.17, 15) is 18.4 Å². The summed E-state index contributed by atoms with van der Waals surface area (Å²) in [6, 6.07) is 2.02. The second kappa shape index (κ2) is 6.48. The Morgan fingerprint density at radius 1 is 1.38 bits per heavy atom. The molecule has 2 rings (SSSR count). The molecule has 0 saturated carbocycles. The SMILES string of the molecule is COC(=O)C1CN(C(=O)c2c(F)cc(Br)cc2F)CCO1. The summed E-state index contributed by atoms with van der Waals surface area (Å²) in [5.74, 6) is -3.39. The summed E-state index contributed by atoms with van der Waals surface area (Å²) in [5, 5.41) is 0.